The molecule has 0 aliphatic rings. The van der Waals surface area contributed by atoms with Crippen LogP contribution in [0.15, 0.2) is 11.1 Å². The van der Waals surface area contributed by atoms with Gasteiger partial charge in [-0.05, 0) is 44.6 Å². The minimum atomic E-state index is 0. The number of rotatable bonds is 8. The molecule has 0 bridgehead atoms. The molecule has 23 heavy (non-hydrogen) atoms. The Balaban J connectivity index is 0.00000484. The van der Waals surface area contributed by atoms with E-state index in [9.17, 15) is 0 Å². The van der Waals surface area contributed by atoms with Gasteiger partial charge in [0.05, 0.1) is 5.69 Å². The van der Waals surface area contributed by atoms with Crippen molar-refractivity contribution in [1.29, 1.82) is 0 Å². The van der Waals surface area contributed by atoms with Gasteiger partial charge in [-0.3, -0.25) is 9.67 Å². The predicted octanol–water partition coefficient (Wildman–Crippen LogP) is 3.36. The first-order valence-electron chi connectivity index (χ1n) is 8.38. The smallest absolute Gasteiger partial charge is 0.190 e. The van der Waals surface area contributed by atoms with E-state index < -0.39 is 0 Å². The fourth-order valence-corrected chi connectivity index (χ4v) is 2.43. The molecule has 0 aromatic carbocycles. The van der Waals surface area contributed by atoms with Crippen molar-refractivity contribution in [3.63, 3.8) is 0 Å². The summed E-state index contributed by atoms with van der Waals surface area (Å²) in [5.41, 5.74) is 2.31. The van der Waals surface area contributed by atoms with Gasteiger partial charge in [-0.15, -0.1) is 24.0 Å². The third-order valence-corrected chi connectivity index (χ3v) is 3.68. The summed E-state index contributed by atoms with van der Waals surface area (Å²) in [5.74, 6) is 2.15. The van der Waals surface area contributed by atoms with Gasteiger partial charge < -0.3 is 10.6 Å². The lowest BCUT2D eigenvalue weighted by Gasteiger charge is -2.17. The monoisotopic (exact) mass is 435 g/mol. The standard InChI is InChI=1S/C17H33N5.HI/c1-13(2)8-7-9-19-17(18-6)20-11-14(3)12-22-16(5)10-15(4)21-22;/h10,13-14H,7-9,11-12H2,1-6H3,(H2,18,19,20);1H. The van der Waals surface area contributed by atoms with Gasteiger partial charge in [0.25, 0.3) is 0 Å². The molecule has 2 N–H and O–H groups in total. The van der Waals surface area contributed by atoms with E-state index >= 15 is 0 Å². The summed E-state index contributed by atoms with van der Waals surface area (Å²) in [7, 11) is 1.82. The van der Waals surface area contributed by atoms with Crippen LogP contribution in [0.4, 0.5) is 0 Å². The minimum absolute atomic E-state index is 0. The van der Waals surface area contributed by atoms with Crippen LogP contribution in [-0.2, 0) is 6.54 Å². The number of aromatic nitrogens is 2. The second-order valence-corrected chi connectivity index (χ2v) is 6.63. The third kappa shape index (κ3) is 9.17. The summed E-state index contributed by atoms with van der Waals surface area (Å²) >= 11 is 0. The SMILES string of the molecule is CN=C(NCCCC(C)C)NCC(C)Cn1nc(C)cc1C.I. The summed E-state index contributed by atoms with van der Waals surface area (Å²) in [6.07, 6.45) is 2.43. The molecule has 0 aliphatic carbocycles. The van der Waals surface area contributed by atoms with Gasteiger partial charge in [0.15, 0.2) is 5.96 Å². The number of halogens is 1. The maximum absolute atomic E-state index is 4.52. The second-order valence-electron chi connectivity index (χ2n) is 6.63. The molecular formula is C17H34IN5. The molecule has 1 atom stereocenters. The van der Waals surface area contributed by atoms with Crippen LogP contribution < -0.4 is 10.6 Å². The highest BCUT2D eigenvalue weighted by Gasteiger charge is 2.08. The molecule has 0 spiro atoms. The Morgan fingerprint density at radius 3 is 2.48 bits per heavy atom. The summed E-state index contributed by atoms with van der Waals surface area (Å²) in [6, 6.07) is 2.12. The second kappa shape index (κ2) is 11.7. The van der Waals surface area contributed by atoms with Crippen LogP contribution >= 0.6 is 24.0 Å². The molecule has 0 aliphatic heterocycles. The van der Waals surface area contributed by atoms with Crippen LogP contribution in [0.2, 0.25) is 0 Å². The van der Waals surface area contributed by atoms with Crippen molar-refractivity contribution in [1.82, 2.24) is 20.4 Å². The number of nitrogens with one attached hydrogen (secondary N) is 2. The number of aryl methyl sites for hydroxylation is 2. The van der Waals surface area contributed by atoms with Gasteiger partial charge in [0.2, 0.25) is 0 Å². The molecule has 1 rings (SSSR count). The summed E-state index contributed by atoms with van der Waals surface area (Å²) < 4.78 is 2.08. The van der Waals surface area contributed by atoms with Gasteiger partial charge in [-0.2, -0.15) is 5.10 Å². The predicted molar refractivity (Wildman–Crippen MR) is 110 cm³/mol. The zero-order valence-corrected chi connectivity index (χ0v) is 17.8. The number of nitrogens with zero attached hydrogens (tertiary/aromatic N) is 3. The Morgan fingerprint density at radius 1 is 1.26 bits per heavy atom. The van der Waals surface area contributed by atoms with Crippen LogP contribution in [0.1, 0.15) is 45.0 Å². The fraction of sp³-hybridized carbons (Fsp3) is 0.765. The normalized spacial score (nSPS) is 12.9. The summed E-state index contributed by atoms with van der Waals surface area (Å²) in [6.45, 7) is 13.7. The highest BCUT2D eigenvalue weighted by atomic mass is 127. The van der Waals surface area contributed by atoms with Crippen LogP contribution in [0, 0.1) is 25.7 Å². The molecule has 1 heterocycles. The molecule has 5 nitrogen and oxygen atoms in total. The van der Waals surface area contributed by atoms with E-state index in [0.717, 1.165) is 37.2 Å². The molecule has 0 amide bonds. The Labute approximate surface area is 158 Å². The molecule has 1 aromatic rings. The van der Waals surface area contributed by atoms with E-state index in [4.69, 9.17) is 0 Å². The van der Waals surface area contributed by atoms with Gasteiger partial charge in [0, 0.05) is 32.4 Å². The molecule has 6 heteroatoms. The Hall–Kier alpha value is -0.790. The largest absolute Gasteiger partial charge is 0.356 e. The molecule has 1 unspecified atom stereocenters. The maximum atomic E-state index is 4.52. The molecule has 0 saturated carbocycles. The highest BCUT2D eigenvalue weighted by molar-refractivity contribution is 14.0. The van der Waals surface area contributed by atoms with Crippen molar-refractivity contribution < 1.29 is 0 Å². The minimum Gasteiger partial charge on any atom is -0.356 e. The molecule has 1 aromatic heterocycles. The topological polar surface area (TPSA) is 54.2 Å². The van der Waals surface area contributed by atoms with Crippen LogP contribution in [0.3, 0.4) is 0 Å². The van der Waals surface area contributed by atoms with E-state index in [0.29, 0.717) is 5.92 Å². The fourth-order valence-electron chi connectivity index (χ4n) is 2.43. The highest BCUT2D eigenvalue weighted by Crippen LogP contribution is 2.06. The number of hydrogen-bond acceptors (Lipinski definition) is 2. The lowest BCUT2D eigenvalue weighted by Crippen LogP contribution is -2.40. The average Bonchev–Trinajstić information content (AvgIpc) is 2.75. The maximum Gasteiger partial charge on any atom is 0.190 e. The van der Waals surface area contributed by atoms with Gasteiger partial charge in [0.1, 0.15) is 0 Å². The Morgan fingerprint density at radius 2 is 1.96 bits per heavy atom. The first-order valence-corrected chi connectivity index (χ1v) is 8.38. The van der Waals surface area contributed by atoms with Gasteiger partial charge in [-0.1, -0.05) is 20.8 Å². The van der Waals surface area contributed by atoms with E-state index in [2.05, 4.69) is 59.2 Å². The van der Waals surface area contributed by atoms with Gasteiger partial charge in [-0.25, -0.2) is 0 Å². The van der Waals surface area contributed by atoms with Crippen molar-refractivity contribution in [3.8, 4) is 0 Å². The first kappa shape index (κ1) is 22.2. The molecule has 0 saturated heterocycles. The zero-order valence-electron chi connectivity index (χ0n) is 15.5. The van der Waals surface area contributed by atoms with Crippen molar-refractivity contribution in [2.24, 2.45) is 16.8 Å². The van der Waals surface area contributed by atoms with Gasteiger partial charge >= 0.3 is 0 Å². The Bertz CT molecular complexity index is 468. The Kier molecular flexibility index (Phi) is 11.3. The van der Waals surface area contributed by atoms with Crippen molar-refractivity contribution in [2.45, 2.75) is 54.0 Å². The lowest BCUT2D eigenvalue weighted by molar-refractivity contribution is 0.435. The van der Waals surface area contributed by atoms with Crippen LogP contribution in [0.25, 0.3) is 0 Å². The summed E-state index contributed by atoms with van der Waals surface area (Å²) in [4.78, 5) is 4.28. The van der Waals surface area contributed by atoms with Crippen molar-refractivity contribution in [3.05, 3.63) is 17.5 Å². The lowest BCUT2D eigenvalue weighted by atomic mass is 10.1. The molecule has 0 fully saturated rings. The third-order valence-electron chi connectivity index (χ3n) is 3.68. The molecule has 134 valence electrons. The zero-order chi connectivity index (χ0) is 16.5. The van der Waals surface area contributed by atoms with Crippen molar-refractivity contribution in [2.75, 3.05) is 20.1 Å². The number of aliphatic imine (C=N–C) groups is 1. The van der Waals surface area contributed by atoms with Crippen molar-refractivity contribution >= 4 is 29.9 Å². The number of guanidine groups is 1. The first-order chi connectivity index (χ1) is 10.4. The molecular weight excluding hydrogens is 401 g/mol. The van der Waals surface area contributed by atoms with E-state index in [1.807, 2.05) is 14.0 Å². The number of hydrogen-bond donors (Lipinski definition) is 2. The van der Waals surface area contributed by atoms with E-state index in [1.54, 1.807) is 0 Å². The van der Waals surface area contributed by atoms with Crippen LogP contribution in [0.5, 0.6) is 0 Å². The quantitative estimate of drug-likeness (QED) is 0.285. The van der Waals surface area contributed by atoms with E-state index in [-0.39, 0.29) is 24.0 Å². The molecule has 0 radical (unpaired) electrons. The van der Waals surface area contributed by atoms with E-state index in [1.165, 1.54) is 18.5 Å². The summed E-state index contributed by atoms with van der Waals surface area (Å²) in [5, 5.41) is 11.3. The van der Waals surface area contributed by atoms with Crippen LogP contribution in [-0.4, -0.2) is 35.9 Å². The average molecular weight is 435 g/mol.